The third-order valence-corrected chi connectivity index (χ3v) is 4.40. The highest BCUT2D eigenvalue weighted by molar-refractivity contribution is 7.89. The van der Waals surface area contributed by atoms with Crippen LogP contribution in [0.1, 0.15) is 44.3 Å². The molecule has 0 saturated heterocycles. The van der Waals surface area contributed by atoms with Gasteiger partial charge in [0, 0.05) is 23.7 Å². The van der Waals surface area contributed by atoms with E-state index in [1.807, 2.05) is 6.20 Å². The molecule has 0 saturated carbocycles. The number of nitrogens with one attached hydrogen (secondary N) is 1. The molecule has 1 heterocycles. The van der Waals surface area contributed by atoms with Crippen LogP contribution >= 0.6 is 0 Å². The van der Waals surface area contributed by atoms with Gasteiger partial charge in [-0.25, -0.2) is 18.4 Å². The molecule has 1 aromatic heterocycles. The van der Waals surface area contributed by atoms with Crippen molar-refractivity contribution >= 4 is 9.84 Å². The van der Waals surface area contributed by atoms with E-state index in [0.717, 1.165) is 31.5 Å². The van der Waals surface area contributed by atoms with Gasteiger partial charge in [0.2, 0.25) is 0 Å². The lowest BCUT2D eigenvalue weighted by Gasteiger charge is -2.28. The number of fused-ring (bicyclic) bond motifs is 1. The van der Waals surface area contributed by atoms with Crippen molar-refractivity contribution in [1.82, 2.24) is 15.3 Å². The Morgan fingerprint density at radius 3 is 2.71 bits per heavy atom. The summed E-state index contributed by atoms with van der Waals surface area (Å²) in [4.78, 5) is 8.64. The second kappa shape index (κ2) is 6.01. The van der Waals surface area contributed by atoms with Gasteiger partial charge in [-0.1, -0.05) is 0 Å². The van der Waals surface area contributed by atoms with Gasteiger partial charge in [0.25, 0.3) is 0 Å². The largest absolute Gasteiger partial charge is 0.312 e. The minimum absolute atomic E-state index is 0.0741. The fourth-order valence-electron chi connectivity index (χ4n) is 2.55. The van der Waals surface area contributed by atoms with Crippen molar-refractivity contribution in [3.8, 4) is 0 Å². The van der Waals surface area contributed by atoms with Gasteiger partial charge < -0.3 is 5.32 Å². The Morgan fingerprint density at radius 2 is 2.10 bits per heavy atom. The third kappa shape index (κ3) is 5.36. The number of hydrogen-bond donors (Lipinski definition) is 1. The van der Waals surface area contributed by atoms with E-state index in [4.69, 9.17) is 0 Å². The number of hydrogen-bond acceptors (Lipinski definition) is 5. The Labute approximate surface area is 127 Å². The van der Waals surface area contributed by atoms with Crippen molar-refractivity contribution in [2.45, 2.75) is 51.3 Å². The summed E-state index contributed by atoms with van der Waals surface area (Å²) >= 11 is 0. The number of aryl methyl sites for hydroxylation is 1. The van der Waals surface area contributed by atoms with E-state index in [0.29, 0.717) is 11.7 Å². The molecule has 0 spiro atoms. The summed E-state index contributed by atoms with van der Waals surface area (Å²) in [5.74, 6) is 0.943. The normalized spacial score (nSPS) is 19.3. The molecule has 6 heteroatoms. The fraction of sp³-hybridized carbons (Fsp3) is 0.733. The molecule has 118 valence electrons. The average molecular weight is 311 g/mol. The van der Waals surface area contributed by atoms with Crippen LogP contribution in [0.25, 0.3) is 0 Å². The van der Waals surface area contributed by atoms with E-state index in [1.54, 1.807) is 0 Å². The summed E-state index contributed by atoms with van der Waals surface area (Å²) in [6.07, 6.45) is 5.99. The summed E-state index contributed by atoms with van der Waals surface area (Å²) in [5, 5.41) is 3.54. The molecule has 0 radical (unpaired) electrons. The molecule has 0 amide bonds. The van der Waals surface area contributed by atoms with Crippen LogP contribution < -0.4 is 5.32 Å². The first-order valence-corrected chi connectivity index (χ1v) is 9.45. The predicted octanol–water partition coefficient (Wildman–Crippen LogP) is 1.51. The van der Waals surface area contributed by atoms with Gasteiger partial charge in [-0.3, -0.25) is 0 Å². The van der Waals surface area contributed by atoms with Gasteiger partial charge in [0.1, 0.15) is 11.6 Å². The topological polar surface area (TPSA) is 72.0 Å². The lowest BCUT2D eigenvalue weighted by molar-refractivity contribution is 0.346. The van der Waals surface area contributed by atoms with Crippen LogP contribution in [0.5, 0.6) is 0 Å². The maximum atomic E-state index is 11.3. The lowest BCUT2D eigenvalue weighted by atomic mass is 9.87. The number of rotatable bonds is 4. The highest BCUT2D eigenvalue weighted by atomic mass is 32.2. The molecular weight excluding hydrogens is 286 g/mol. The zero-order chi connectivity index (χ0) is 15.7. The Balaban J connectivity index is 2.02. The highest BCUT2D eigenvalue weighted by Crippen LogP contribution is 2.24. The molecule has 0 fully saturated rings. The van der Waals surface area contributed by atoms with Crippen LogP contribution in [0, 0.1) is 5.92 Å². The first-order chi connectivity index (χ1) is 9.62. The van der Waals surface area contributed by atoms with Crippen molar-refractivity contribution in [3.05, 3.63) is 23.3 Å². The summed E-state index contributed by atoms with van der Waals surface area (Å²) in [7, 11) is -3.07. The first-order valence-electron chi connectivity index (χ1n) is 7.39. The van der Waals surface area contributed by atoms with E-state index < -0.39 is 9.84 Å². The van der Waals surface area contributed by atoms with Crippen LogP contribution in [0.15, 0.2) is 6.20 Å². The maximum absolute atomic E-state index is 11.3. The second-order valence-corrected chi connectivity index (χ2v) is 9.21. The van der Waals surface area contributed by atoms with Crippen molar-refractivity contribution in [1.29, 1.82) is 0 Å². The fourth-order valence-corrected chi connectivity index (χ4v) is 3.16. The Morgan fingerprint density at radius 1 is 1.38 bits per heavy atom. The second-order valence-electron chi connectivity index (χ2n) is 7.07. The predicted molar refractivity (Wildman–Crippen MR) is 83.9 cm³/mol. The van der Waals surface area contributed by atoms with Gasteiger partial charge in [0.15, 0.2) is 9.84 Å². The van der Waals surface area contributed by atoms with Gasteiger partial charge >= 0.3 is 0 Å². The molecule has 1 aliphatic rings. The van der Waals surface area contributed by atoms with Crippen LogP contribution in [0.3, 0.4) is 0 Å². The molecule has 21 heavy (non-hydrogen) atoms. The molecule has 1 N–H and O–H groups in total. The van der Waals surface area contributed by atoms with Gasteiger partial charge in [-0.05, 0) is 58.1 Å². The Bertz CT molecular complexity index is 606. The van der Waals surface area contributed by atoms with E-state index in [1.165, 1.54) is 11.8 Å². The quantitative estimate of drug-likeness (QED) is 0.912. The number of aromatic nitrogens is 2. The maximum Gasteiger partial charge on any atom is 0.154 e. The summed E-state index contributed by atoms with van der Waals surface area (Å²) < 4.78 is 22.6. The SMILES string of the molecule is CC(C)(C)NCC1CCc2nc(CS(C)(=O)=O)ncc2C1. The zero-order valence-corrected chi connectivity index (χ0v) is 14.1. The van der Waals surface area contributed by atoms with Crippen LogP contribution in [-0.2, 0) is 28.4 Å². The van der Waals surface area contributed by atoms with Crippen LogP contribution in [0.2, 0.25) is 0 Å². The molecule has 0 aromatic carbocycles. The molecule has 1 aromatic rings. The Hall–Kier alpha value is -1.01. The summed E-state index contributed by atoms with van der Waals surface area (Å²) in [5.41, 5.74) is 2.32. The number of nitrogens with zero attached hydrogens (tertiary/aromatic N) is 2. The monoisotopic (exact) mass is 311 g/mol. The van der Waals surface area contributed by atoms with Crippen molar-refractivity contribution in [2.24, 2.45) is 5.92 Å². The minimum atomic E-state index is -3.07. The van der Waals surface area contributed by atoms with Crippen LogP contribution in [-0.4, -0.2) is 36.7 Å². The van der Waals surface area contributed by atoms with E-state index in [2.05, 4.69) is 36.1 Å². The van der Waals surface area contributed by atoms with E-state index >= 15 is 0 Å². The smallest absolute Gasteiger partial charge is 0.154 e. The van der Waals surface area contributed by atoms with Gasteiger partial charge in [-0.2, -0.15) is 0 Å². The first kappa shape index (κ1) is 16.4. The Kier molecular flexibility index (Phi) is 4.68. The van der Waals surface area contributed by atoms with Gasteiger partial charge in [-0.15, -0.1) is 0 Å². The van der Waals surface area contributed by atoms with Crippen LogP contribution in [0.4, 0.5) is 0 Å². The third-order valence-electron chi connectivity index (χ3n) is 3.61. The molecule has 5 nitrogen and oxygen atoms in total. The molecular formula is C15H25N3O2S. The molecule has 1 atom stereocenters. The average Bonchev–Trinajstić information content (AvgIpc) is 2.33. The van der Waals surface area contributed by atoms with Crippen molar-refractivity contribution < 1.29 is 8.42 Å². The van der Waals surface area contributed by atoms with Crippen molar-refractivity contribution in [3.63, 3.8) is 0 Å². The molecule has 1 unspecified atom stereocenters. The van der Waals surface area contributed by atoms with E-state index in [-0.39, 0.29) is 11.3 Å². The summed E-state index contributed by atoms with van der Waals surface area (Å²) in [6.45, 7) is 7.51. The minimum Gasteiger partial charge on any atom is -0.312 e. The molecule has 0 bridgehead atoms. The molecule has 1 aliphatic carbocycles. The molecule has 0 aliphatic heterocycles. The zero-order valence-electron chi connectivity index (χ0n) is 13.3. The van der Waals surface area contributed by atoms with Gasteiger partial charge in [0.05, 0.1) is 0 Å². The lowest BCUT2D eigenvalue weighted by Crippen LogP contribution is -2.40. The van der Waals surface area contributed by atoms with E-state index in [9.17, 15) is 8.42 Å². The molecule has 2 rings (SSSR count). The standard InChI is InChI=1S/C15H25N3O2S/c1-15(2,3)17-8-11-5-6-13-12(7-11)9-16-14(18-13)10-21(4,19)20/h9,11,17H,5-8,10H2,1-4H3. The van der Waals surface area contributed by atoms with Crippen molar-refractivity contribution in [2.75, 3.05) is 12.8 Å². The number of sulfone groups is 1. The summed E-state index contributed by atoms with van der Waals surface area (Å²) in [6, 6.07) is 0. The highest BCUT2D eigenvalue weighted by Gasteiger charge is 2.22.